The predicted octanol–water partition coefficient (Wildman–Crippen LogP) is 0.749. The third-order valence-corrected chi connectivity index (χ3v) is 3.27. The number of thiophene rings is 1. The molecule has 0 saturated heterocycles. The Hall–Kier alpha value is -1.78. The number of rotatable bonds is 6. The Balaban J connectivity index is 2.81. The normalized spacial score (nSPS) is 9.88. The van der Waals surface area contributed by atoms with Crippen LogP contribution in [0.3, 0.4) is 0 Å². The van der Waals surface area contributed by atoms with Crippen molar-refractivity contribution in [3.63, 3.8) is 0 Å². The van der Waals surface area contributed by atoms with Gasteiger partial charge in [-0.3, -0.25) is 4.79 Å². The molecule has 1 rings (SSSR count). The lowest BCUT2D eigenvalue weighted by molar-refractivity contribution is 0.100. The lowest BCUT2D eigenvalue weighted by atomic mass is 10.2. The van der Waals surface area contributed by atoms with Crippen LogP contribution in [0.25, 0.3) is 0 Å². The third kappa shape index (κ3) is 3.09. The van der Waals surface area contributed by atoms with Gasteiger partial charge in [0.15, 0.2) is 0 Å². The zero-order chi connectivity index (χ0) is 12.8. The van der Waals surface area contributed by atoms with Crippen LogP contribution in [0.5, 0.6) is 0 Å². The van der Waals surface area contributed by atoms with Crippen LogP contribution >= 0.6 is 11.3 Å². The minimum Gasteiger partial charge on any atom is -0.396 e. The lowest BCUT2D eigenvalue weighted by Gasteiger charge is -2.03. The quantitative estimate of drug-likeness (QED) is 0.648. The largest absolute Gasteiger partial charge is 0.396 e. The molecule has 0 unspecified atom stereocenters. The average molecular weight is 254 g/mol. The minimum atomic E-state index is -0.617. The van der Waals surface area contributed by atoms with Gasteiger partial charge in [0.05, 0.1) is 5.69 Å². The van der Waals surface area contributed by atoms with Gasteiger partial charge in [0.1, 0.15) is 21.5 Å². The molecule has 0 spiro atoms. The van der Waals surface area contributed by atoms with Gasteiger partial charge < -0.3 is 21.5 Å². The minimum absolute atomic E-state index is 0.152. The number of nitrogens with zero attached hydrogens (tertiary/aromatic N) is 1. The molecule has 1 amide bonds. The molecule has 0 radical (unpaired) electrons. The maximum atomic E-state index is 11.1. The summed E-state index contributed by atoms with van der Waals surface area (Å²) in [5.74, 6) is -0.617. The molecular formula is C10H14N4O2S. The number of hydrogen-bond donors (Lipinski definition) is 3. The first-order valence-corrected chi connectivity index (χ1v) is 5.78. The number of carbonyl (C=O) groups is 1. The van der Waals surface area contributed by atoms with E-state index < -0.39 is 5.91 Å². The first kappa shape index (κ1) is 13.3. The Morgan fingerprint density at radius 1 is 1.65 bits per heavy atom. The van der Waals surface area contributed by atoms with E-state index in [2.05, 4.69) is 5.32 Å². The molecule has 0 aliphatic rings. The van der Waals surface area contributed by atoms with Crippen LogP contribution < -0.4 is 16.8 Å². The van der Waals surface area contributed by atoms with Crippen molar-refractivity contribution < 1.29 is 9.53 Å². The highest BCUT2D eigenvalue weighted by molar-refractivity contribution is 7.18. The predicted molar refractivity (Wildman–Crippen MR) is 66.9 cm³/mol. The van der Waals surface area contributed by atoms with E-state index in [9.17, 15) is 4.79 Å². The van der Waals surface area contributed by atoms with Gasteiger partial charge in [-0.1, -0.05) is 0 Å². The molecule has 1 aromatic heterocycles. The van der Waals surface area contributed by atoms with Crippen molar-refractivity contribution in [3.8, 4) is 6.07 Å². The van der Waals surface area contributed by atoms with Crippen molar-refractivity contribution in [2.45, 2.75) is 6.42 Å². The number of methoxy groups -OCH3 is 1. The Kier molecular flexibility index (Phi) is 4.75. The van der Waals surface area contributed by atoms with Gasteiger partial charge in [0, 0.05) is 20.3 Å². The Morgan fingerprint density at radius 3 is 2.88 bits per heavy atom. The SMILES string of the molecule is COCCCNc1sc(C(N)=O)c(N)c1C#N. The summed E-state index contributed by atoms with van der Waals surface area (Å²) in [6.45, 7) is 1.26. The fourth-order valence-electron chi connectivity index (χ4n) is 1.28. The topological polar surface area (TPSA) is 114 Å². The van der Waals surface area contributed by atoms with Crippen LogP contribution in [0.1, 0.15) is 21.7 Å². The molecule has 0 aliphatic carbocycles. The van der Waals surface area contributed by atoms with E-state index in [1.165, 1.54) is 0 Å². The molecule has 0 bridgehead atoms. The van der Waals surface area contributed by atoms with Crippen molar-refractivity contribution in [3.05, 3.63) is 10.4 Å². The number of carbonyl (C=O) groups excluding carboxylic acids is 1. The number of nitrogens with two attached hydrogens (primary N) is 2. The van der Waals surface area contributed by atoms with Crippen LogP contribution in [0.2, 0.25) is 0 Å². The number of nitriles is 1. The second-order valence-corrected chi connectivity index (χ2v) is 4.32. The molecule has 0 saturated carbocycles. The highest BCUT2D eigenvalue weighted by Crippen LogP contribution is 2.34. The van der Waals surface area contributed by atoms with Gasteiger partial charge in [-0.2, -0.15) is 5.26 Å². The standard InChI is InChI=1S/C10H14N4O2S/c1-16-4-2-3-14-10-6(5-11)7(12)8(17-10)9(13)15/h14H,2-4,12H2,1H3,(H2,13,15). The highest BCUT2D eigenvalue weighted by Gasteiger charge is 2.18. The van der Waals surface area contributed by atoms with Crippen LogP contribution in [-0.2, 0) is 4.74 Å². The number of ether oxygens (including phenoxy) is 1. The van der Waals surface area contributed by atoms with E-state index in [4.69, 9.17) is 21.5 Å². The van der Waals surface area contributed by atoms with Crippen LogP contribution in [-0.4, -0.2) is 26.2 Å². The van der Waals surface area contributed by atoms with Crippen molar-refractivity contribution >= 4 is 27.9 Å². The number of hydrogen-bond acceptors (Lipinski definition) is 6. The number of primary amides is 1. The average Bonchev–Trinajstić information content (AvgIpc) is 2.61. The molecule has 0 fully saturated rings. The Labute approximate surface area is 103 Å². The summed E-state index contributed by atoms with van der Waals surface area (Å²) in [6.07, 6.45) is 0.797. The summed E-state index contributed by atoms with van der Waals surface area (Å²) < 4.78 is 4.90. The van der Waals surface area contributed by atoms with Crippen LogP contribution in [0, 0.1) is 11.3 Å². The summed E-state index contributed by atoms with van der Waals surface area (Å²) >= 11 is 1.10. The fraction of sp³-hybridized carbons (Fsp3) is 0.400. The summed E-state index contributed by atoms with van der Waals surface area (Å²) in [6, 6.07) is 1.96. The maximum Gasteiger partial charge on any atom is 0.261 e. The van der Waals surface area contributed by atoms with Gasteiger partial charge >= 0.3 is 0 Å². The van der Waals surface area contributed by atoms with Crippen molar-refractivity contribution in [2.75, 3.05) is 31.3 Å². The maximum absolute atomic E-state index is 11.1. The van der Waals surface area contributed by atoms with Crippen molar-refractivity contribution in [1.82, 2.24) is 0 Å². The van der Waals surface area contributed by atoms with Gasteiger partial charge in [-0.25, -0.2) is 0 Å². The van der Waals surface area contributed by atoms with E-state index in [1.54, 1.807) is 7.11 Å². The fourth-order valence-corrected chi connectivity index (χ4v) is 2.23. The molecule has 7 heteroatoms. The zero-order valence-corrected chi connectivity index (χ0v) is 10.3. The molecule has 17 heavy (non-hydrogen) atoms. The van der Waals surface area contributed by atoms with Crippen molar-refractivity contribution in [2.24, 2.45) is 5.73 Å². The van der Waals surface area contributed by atoms with Gasteiger partial charge in [-0.05, 0) is 6.42 Å². The number of amides is 1. The Bertz CT molecular complexity index is 450. The first-order valence-electron chi connectivity index (χ1n) is 4.96. The van der Waals surface area contributed by atoms with Crippen molar-refractivity contribution in [1.29, 1.82) is 5.26 Å². The highest BCUT2D eigenvalue weighted by atomic mass is 32.1. The number of nitrogen functional groups attached to an aromatic ring is 1. The molecule has 6 nitrogen and oxygen atoms in total. The van der Waals surface area contributed by atoms with E-state index in [1.807, 2.05) is 6.07 Å². The molecule has 92 valence electrons. The molecule has 0 aliphatic heterocycles. The van der Waals surface area contributed by atoms with Gasteiger partial charge in [-0.15, -0.1) is 11.3 Å². The summed E-state index contributed by atoms with van der Waals surface area (Å²) in [5, 5.41) is 12.6. The third-order valence-electron chi connectivity index (χ3n) is 2.09. The number of nitrogens with one attached hydrogen (secondary N) is 1. The molecule has 1 heterocycles. The zero-order valence-electron chi connectivity index (χ0n) is 9.45. The second-order valence-electron chi connectivity index (χ2n) is 3.30. The van der Waals surface area contributed by atoms with E-state index in [0.717, 1.165) is 17.8 Å². The first-order chi connectivity index (χ1) is 8.11. The molecule has 5 N–H and O–H groups in total. The van der Waals surface area contributed by atoms with Crippen LogP contribution in [0.15, 0.2) is 0 Å². The molecule has 0 atom stereocenters. The lowest BCUT2D eigenvalue weighted by Crippen LogP contribution is -2.10. The molecular weight excluding hydrogens is 240 g/mol. The summed E-state index contributed by atoms with van der Waals surface area (Å²) in [5.41, 5.74) is 11.3. The second kappa shape index (κ2) is 6.08. The van der Waals surface area contributed by atoms with Gasteiger partial charge in [0.25, 0.3) is 5.91 Å². The summed E-state index contributed by atoms with van der Waals surface area (Å²) in [4.78, 5) is 11.3. The smallest absolute Gasteiger partial charge is 0.261 e. The van der Waals surface area contributed by atoms with E-state index in [0.29, 0.717) is 18.2 Å². The molecule has 1 aromatic rings. The Morgan fingerprint density at radius 2 is 2.35 bits per heavy atom. The van der Waals surface area contributed by atoms with Crippen LogP contribution in [0.4, 0.5) is 10.7 Å². The number of anilines is 2. The van der Waals surface area contributed by atoms with Gasteiger partial charge in [0.2, 0.25) is 0 Å². The monoisotopic (exact) mass is 254 g/mol. The van der Waals surface area contributed by atoms with E-state index >= 15 is 0 Å². The molecule has 0 aromatic carbocycles. The van der Waals surface area contributed by atoms with E-state index in [-0.39, 0.29) is 16.1 Å². The summed E-state index contributed by atoms with van der Waals surface area (Å²) in [7, 11) is 1.62.